The van der Waals surface area contributed by atoms with Crippen molar-refractivity contribution in [3.05, 3.63) is 23.8 Å². The van der Waals surface area contributed by atoms with Crippen molar-refractivity contribution < 1.29 is 9.53 Å². The number of carbonyl (C=O) groups excluding carboxylic acids is 1. The average molecular weight is 306 g/mol. The maximum atomic E-state index is 12.5. The molecule has 0 atom stereocenters. The Bertz CT molecular complexity index is 466. The molecule has 0 fully saturated rings. The molecule has 0 radical (unpaired) electrons. The van der Waals surface area contributed by atoms with E-state index in [0.717, 1.165) is 38.4 Å². The highest BCUT2D eigenvalue weighted by Gasteiger charge is 2.15. The van der Waals surface area contributed by atoms with Gasteiger partial charge in [0, 0.05) is 37.8 Å². The molecule has 0 aliphatic carbocycles. The van der Waals surface area contributed by atoms with Gasteiger partial charge in [-0.1, -0.05) is 13.8 Å². The third-order valence-electron chi connectivity index (χ3n) is 4.16. The Kier molecular flexibility index (Phi) is 7.96. The van der Waals surface area contributed by atoms with E-state index in [-0.39, 0.29) is 5.78 Å². The third-order valence-corrected chi connectivity index (χ3v) is 4.16. The summed E-state index contributed by atoms with van der Waals surface area (Å²) in [4.78, 5) is 17.0. The Labute approximate surface area is 135 Å². The van der Waals surface area contributed by atoms with Crippen LogP contribution < -0.4 is 9.64 Å². The van der Waals surface area contributed by atoms with Crippen LogP contribution >= 0.6 is 0 Å². The zero-order valence-corrected chi connectivity index (χ0v) is 14.7. The van der Waals surface area contributed by atoms with Gasteiger partial charge in [-0.3, -0.25) is 4.79 Å². The number of rotatable bonds is 10. The van der Waals surface area contributed by atoms with E-state index in [1.807, 2.05) is 18.2 Å². The minimum atomic E-state index is 0.148. The molecule has 0 amide bonds. The Balaban J connectivity index is 2.88. The number of hydrogen-bond acceptors (Lipinski definition) is 4. The Morgan fingerprint density at radius 2 is 1.68 bits per heavy atom. The normalized spacial score (nSPS) is 10.8. The summed E-state index contributed by atoms with van der Waals surface area (Å²) in [6.07, 6.45) is 0.530. The summed E-state index contributed by atoms with van der Waals surface area (Å²) in [6, 6.07) is 5.88. The maximum absolute atomic E-state index is 12.5. The predicted octanol–water partition coefficient (Wildman–Crippen LogP) is 3.46. The second-order valence-corrected chi connectivity index (χ2v) is 5.26. The fourth-order valence-corrected chi connectivity index (χ4v) is 2.63. The topological polar surface area (TPSA) is 32.8 Å². The first-order valence-corrected chi connectivity index (χ1v) is 8.29. The van der Waals surface area contributed by atoms with Crippen molar-refractivity contribution in [2.45, 2.75) is 34.1 Å². The quantitative estimate of drug-likeness (QED) is 0.620. The fraction of sp³-hybridized carbons (Fsp3) is 0.611. The summed E-state index contributed by atoms with van der Waals surface area (Å²) >= 11 is 0. The highest BCUT2D eigenvalue weighted by atomic mass is 16.5. The number of Topliss-reactive ketones (excluding diaryl/α,β-unsaturated/α-hetero) is 1. The van der Waals surface area contributed by atoms with Gasteiger partial charge < -0.3 is 14.5 Å². The second kappa shape index (κ2) is 9.46. The van der Waals surface area contributed by atoms with Crippen LogP contribution in [0.2, 0.25) is 0 Å². The molecule has 1 rings (SSSR count). The van der Waals surface area contributed by atoms with Crippen LogP contribution in [0.3, 0.4) is 0 Å². The minimum Gasteiger partial charge on any atom is -0.496 e. The summed E-state index contributed by atoms with van der Waals surface area (Å²) in [5.41, 5.74) is 1.78. The van der Waals surface area contributed by atoms with Gasteiger partial charge in [0.15, 0.2) is 5.78 Å². The van der Waals surface area contributed by atoms with E-state index < -0.39 is 0 Å². The first kappa shape index (κ1) is 18.5. The van der Waals surface area contributed by atoms with Gasteiger partial charge in [-0.2, -0.15) is 0 Å². The van der Waals surface area contributed by atoms with Gasteiger partial charge in [-0.25, -0.2) is 0 Å². The van der Waals surface area contributed by atoms with Crippen molar-refractivity contribution in [2.24, 2.45) is 0 Å². The number of benzene rings is 1. The molecular weight excluding hydrogens is 276 g/mol. The van der Waals surface area contributed by atoms with Crippen molar-refractivity contribution in [1.82, 2.24) is 4.90 Å². The lowest BCUT2D eigenvalue weighted by molar-refractivity contribution is 0.0963. The van der Waals surface area contributed by atoms with E-state index in [1.54, 1.807) is 7.11 Å². The highest BCUT2D eigenvalue weighted by Crippen LogP contribution is 2.26. The largest absolute Gasteiger partial charge is 0.496 e. The summed E-state index contributed by atoms with van der Waals surface area (Å²) in [6.45, 7) is 13.1. The number of nitrogens with zero attached hydrogens (tertiary/aromatic N) is 2. The molecule has 0 N–H and O–H groups in total. The molecule has 4 nitrogen and oxygen atoms in total. The van der Waals surface area contributed by atoms with Crippen LogP contribution in [0, 0.1) is 0 Å². The molecule has 0 aliphatic heterocycles. The van der Waals surface area contributed by atoms with E-state index in [1.165, 1.54) is 0 Å². The number of ketones is 1. The van der Waals surface area contributed by atoms with Crippen LogP contribution in [0.5, 0.6) is 5.75 Å². The van der Waals surface area contributed by atoms with Crippen LogP contribution in [0.4, 0.5) is 5.69 Å². The molecule has 0 saturated carbocycles. The Hall–Kier alpha value is -1.55. The molecule has 1 aromatic carbocycles. The van der Waals surface area contributed by atoms with Crippen LogP contribution in [0.25, 0.3) is 0 Å². The first-order valence-electron chi connectivity index (χ1n) is 8.29. The molecule has 124 valence electrons. The zero-order valence-electron chi connectivity index (χ0n) is 14.7. The number of hydrogen-bond donors (Lipinski definition) is 0. The number of anilines is 1. The smallest absolute Gasteiger partial charge is 0.167 e. The molecule has 0 heterocycles. The van der Waals surface area contributed by atoms with Gasteiger partial charge >= 0.3 is 0 Å². The van der Waals surface area contributed by atoms with Crippen molar-refractivity contribution in [2.75, 3.05) is 44.7 Å². The molecule has 0 bridgehead atoms. The molecule has 0 aliphatic rings. The van der Waals surface area contributed by atoms with Gasteiger partial charge in [-0.15, -0.1) is 0 Å². The van der Waals surface area contributed by atoms with E-state index in [0.29, 0.717) is 17.7 Å². The average Bonchev–Trinajstić information content (AvgIpc) is 2.56. The van der Waals surface area contributed by atoms with Crippen molar-refractivity contribution in [1.29, 1.82) is 0 Å². The molecule has 0 spiro atoms. The molecule has 0 unspecified atom stereocenters. The van der Waals surface area contributed by atoms with Crippen molar-refractivity contribution in [3.8, 4) is 5.75 Å². The second-order valence-electron chi connectivity index (χ2n) is 5.26. The van der Waals surface area contributed by atoms with Crippen LogP contribution in [0.15, 0.2) is 18.2 Å². The third kappa shape index (κ3) is 4.73. The van der Waals surface area contributed by atoms with E-state index >= 15 is 0 Å². The lowest BCUT2D eigenvalue weighted by atomic mass is 10.1. The molecule has 0 aromatic heterocycles. The SMILES string of the molecule is CCN(CC)CCC(=O)c1ccc(N(CC)CC)cc1OC. The molecule has 0 saturated heterocycles. The van der Waals surface area contributed by atoms with E-state index in [4.69, 9.17) is 4.74 Å². The van der Waals surface area contributed by atoms with Crippen molar-refractivity contribution >= 4 is 11.5 Å². The molecule has 22 heavy (non-hydrogen) atoms. The van der Waals surface area contributed by atoms with Crippen LogP contribution in [-0.2, 0) is 0 Å². The fourth-order valence-electron chi connectivity index (χ4n) is 2.63. The van der Waals surface area contributed by atoms with Gasteiger partial charge in [0.2, 0.25) is 0 Å². The van der Waals surface area contributed by atoms with E-state index in [2.05, 4.69) is 37.5 Å². The van der Waals surface area contributed by atoms with Crippen molar-refractivity contribution in [3.63, 3.8) is 0 Å². The minimum absolute atomic E-state index is 0.148. The van der Waals surface area contributed by atoms with Crippen LogP contribution in [-0.4, -0.2) is 50.5 Å². The standard InChI is InChI=1S/C18H30N2O2/c1-6-19(7-2)13-12-17(21)16-11-10-15(14-18(16)22-5)20(8-3)9-4/h10-11,14H,6-9,12-13H2,1-5H3. The summed E-state index contributed by atoms with van der Waals surface area (Å²) < 4.78 is 5.44. The number of methoxy groups -OCH3 is 1. The van der Waals surface area contributed by atoms with Gasteiger partial charge in [0.05, 0.1) is 12.7 Å². The highest BCUT2D eigenvalue weighted by molar-refractivity contribution is 5.99. The number of carbonyl (C=O) groups is 1. The van der Waals surface area contributed by atoms with Gasteiger partial charge in [0.1, 0.15) is 5.75 Å². The summed E-state index contributed by atoms with van der Waals surface area (Å²) in [5, 5.41) is 0. The molecular formula is C18H30N2O2. The summed E-state index contributed by atoms with van der Waals surface area (Å²) in [7, 11) is 1.63. The molecule has 4 heteroatoms. The maximum Gasteiger partial charge on any atom is 0.167 e. The Morgan fingerprint density at radius 1 is 1.05 bits per heavy atom. The monoisotopic (exact) mass is 306 g/mol. The zero-order chi connectivity index (χ0) is 16.5. The van der Waals surface area contributed by atoms with Gasteiger partial charge in [0.25, 0.3) is 0 Å². The van der Waals surface area contributed by atoms with Crippen LogP contribution in [0.1, 0.15) is 44.5 Å². The molecule has 1 aromatic rings. The first-order chi connectivity index (χ1) is 10.6. The summed E-state index contributed by atoms with van der Waals surface area (Å²) in [5.74, 6) is 0.823. The van der Waals surface area contributed by atoms with Gasteiger partial charge in [-0.05, 0) is 39.1 Å². The Morgan fingerprint density at radius 3 is 2.18 bits per heavy atom. The van der Waals surface area contributed by atoms with E-state index in [9.17, 15) is 4.79 Å². The predicted molar refractivity (Wildman–Crippen MR) is 93.3 cm³/mol. The number of ether oxygens (including phenoxy) is 1. The lowest BCUT2D eigenvalue weighted by Crippen LogP contribution is -2.26. The lowest BCUT2D eigenvalue weighted by Gasteiger charge is -2.22.